The maximum atomic E-state index is 12.3. The third-order valence-electron chi connectivity index (χ3n) is 4.74. The predicted molar refractivity (Wildman–Crippen MR) is 96.5 cm³/mol. The van der Waals surface area contributed by atoms with Crippen LogP contribution >= 0.6 is 0 Å². The summed E-state index contributed by atoms with van der Waals surface area (Å²) in [6, 6.07) is 9.53. The quantitative estimate of drug-likeness (QED) is 0.866. The molecule has 0 saturated heterocycles. The van der Waals surface area contributed by atoms with Crippen LogP contribution in [0.5, 0.6) is 17.2 Å². The summed E-state index contributed by atoms with van der Waals surface area (Å²) in [5, 5.41) is 0. The van der Waals surface area contributed by atoms with Crippen LogP contribution in [0.25, 0.3) is 11.1 Å². The van der Waals surface area contributed by atoms with Crippen molar-refractivity contribution in [2.24, 2.45) is 5.73 Å². The average molecular weight is 341 g/mol. The molecule has 0 saturated carbocycles. The van der Waals surface area contributed by atoms with Gasteiger partial charge in [0.05, 0.1) is 27.4 Å². The topological polar surface area (TPSA) is 70.8 Å². The second kappa shape index (κ2) is 7.15. The molecule has 1 aliphatic rings. The van der Waals surface area contributed by atoms with Crippen LogP contribution in [0.15, 0.2) is 30.3 Å². The van der Waals surface area contributed by atoms with E-state index in [1.54, 1.807) is 21.3 Å². The van der Waals surface area contributed by atoms with Crippen LogP contribution in [0.4, 0.5) is 0 Å². The van der Waals surface area contributed by atoms with Crippen LogP contribution in [0, 0.1) is 0 Å². The fraction of sp³-hybridized carbons (Fsp3) is 0.350. The van der Waals surface area contributed by atoms with Crippen molar-refractivity contribution in [3.63, 3.8) is 0 Å². The molecule has 1 unspecified atom stereocenters. The number of carbonyl (C=O) groups is 1. The van der Waals surface area contributed by atoms with E-state index < -0.39 is 0 Å². The Bertz CT molecular complexity index is 775. The van der Waals surface area contributed by atoms with Gasteiger partial charge in [-0.3, -0.25) is 4.79 Å². The lowest BCUT2D eigenvalue weighted by Gasteiger charge is -2.17. The summed E-state index contributed by atoms with van der Waals surface area (Å²) >= 11 is 0. The van der Waals surface area contributed by atoms with Crippen LogP contribution in [0.1, 0.15) is 17.5 Å². The molecule has 1 atom stereocenters. The first-order valence-electron chi connectivity index (χ1n) is 8.28. The summed E-state index contributed by atoms with van der Waals surface area (Å²) in [7, 11) is 4.76. The molecule has 0 amide bonds. The molecule has 0 fully saturated rings. The summed E-state index contributed by atoms with van der Waals surface area (Å²) in [4.78, 5) is 12.3. The Labute approximate surface area is 147 Å². The lowest BCUT2D eigenvalue weighted by Crippen LogP contribution is -2.30. The average Bonchev–Trinajstić information content (AvgIpc) is 2.79. The minimum Gasteiger partial charge on any atom is -0.493 e. The monoisotopic (exact) mass is 341 g/mol. The van der Waals surface area contributed by atoms with E-state index in [4.69, 9.17) is 19.9 Å². The van der Waals surface area contributed by atoms with Gasteiger partial charge in [-0.25, -0.2) is 0 Å². The van der Waals surface area contributed by atoms with Gasteiger partial charge in [0, 0.05) is 6.42 Å². The zero-order valence-electron chi connectivity index (χ0n) is 14.8. The molecule has 132 valence electrons. The fourth-order valence-electron chi connectivity index (χ4n) is 3.36. The number of benzene rings is 2. The number of ether oxygens (including phenoxy) is 3. The number of ketones is 1. The zero-order chi connectivity index (χ0) is 18.0. The number of fused-ring (bicyclic) bond motifs is 1. The Hall–Kier alpha value is -2.53. The largest absolute Gasteiger partial charge is 0.493 e. The summed E-state index contributed by atoms with van der Waals surface area (Å²) in [6.07, 6.45) is 1.84. The van der Waals surface area contributed by atoms with Crippen molar-refractivity contribution in [1.82, 2.24) is 0 Å². The molecule has 0 aliphatic heterocycles. The van der Waals surface area contributed by atoms with Crippen LogP contribution in [-0.4, -0.2) is 33.2 Å². The Morgan fingerprint density at radius 3 is 2.32 bits per heavy atom. The van der Waals surface area contributed by atoms with Crippen molar-refractivity contribution in [1.29, 1.82) is 0 Å². The molecule has 25 heavy (non-hydrogen) atoms. The zero-order valence-corrected chi connectivity index (χ0v) is 14.8. The van der Waals surface area contributed by atoms with Crippen molar-refractivity contribution < 1.29 is 19.0 Å². The Kier molecular flexibility index (Phi) is 4.95. The molecule has 0 radical (unpaired) electrons. The minimum absolute atomic E-state index is 0.0821. The minimum atomic E-state index is -0.389. The first kappa shape index (κ1) is 17.3. The first-order valence-corrected chi connectivity index (χ1v) is 8.28. The van der Waals surface area contributed by atoms with Gasteiger partial charge in [-0.1, -0.05) is 18.2 Å². The van der Waals surface area contributed by atoms with E-state index in [0.717, 1.165) is 23.1 Å². The summed E-state index contributed by atoms with van der Waals surface area (Å²) < 4.78 is 16.3. The highest BCUT2D eigenvalue weighted by molar-refractivity contribution is 5.89. The summed E-state index contributed by atoms with van der Waals surface area (Å²) in [5.74, 6) is 1.81. The van der Waals surface area contributed by atoms with E-state index in [1.165, 1.54) is 5.56 Å². The number of methoxy groups -OCH3 is 3. The van der Waals surface area contributed by atoms with E-state index in [1.807, 2.05) is 24.3 Å². The highest BCUT2D eigenvalue weighted by Gasteiger charge is 2.24. The van der Waals surface area contributed by atoms with Gasteiger partial charge >= 0.3 is 0 Å². The first-order chi connectivity index (χ1) is 12.1. The molecular weight excluding hydrogens is 318 g/mol. The van der Waals surface area contributed by atoms with Crippen LogP contribution in [0.2, 0.25) is 0 Å². The van der Waals surface area contributed by atoms with Gasteiger partial charge in [-0.15, -0.1) is 0 Å². The second-order valence-corrected chi connectivity index (χ2v) is 6.15. The van der Waals surface area contributed by atoms with Gasteiger partial charge in [0.15, 0.2) is 17.3 Å². The number of aryl methyl sites for hydroxylation is 1. The van der Waals surface area contributed by atoms with Gasteiger partial charge in [-0.05, 0) is 47.2 Å². The van der Waals surface area contributed by atoms with Crippen molar-refractivity contribution in [2.75, 3.05) is 21.3 Å². The van der Waals surface area contributed by atoms with E-state index in [9.17, 15) is 4.79 Å². The molecule has 0 heterocycles. The third kappa shape index (κ3) is 3.20. The summed E-state index contributed by atoms with van der Waals surface area (Å²) in [6.45, 7) is 0. The number of carbonyl (C=O) groups excluding carboxylic acids is 1. The molecule has 3 rings (SSSR count). The van der Waals surface area contributed by atoms with Gasteiger partial charge in [0.2, 0.25) is 5.75 Å². The highest BCUT2D eigenvalue weighted by atomic mass is 16.5. The van der Waals surface area contributed by atoms with Gasteiger partial charge in [0.1, 0.15) is 0 Å². The Morgan fingerprint density at radius 2 is 1.72 bits per heavy atom. The van der Waals surface area contributed by atoms with Crippen molar-refractivity contribution in [3.8, 4) is 28.4 Å². The van der Waals surface area contributed by atoms with E-state index in [-0.39, 0.29) is 11.8 Å². The molecule has 1 aliphatic carbocycles. The van der Waals surface area contributed by atoms with Crippen molar-refractivity contribution in [3.05, 3.63) is 41.5 Å². The third-order valence-corrected chi connectivity index (χ3v) is 4.74. The van der Waals surface area contributed by atoms with Gasteiger partial charge < -0.3 is 19.9 Å². The molecule has 5 heteroatoms. The predicted octanol–water partition coefficient (Wildman–Crippen LogP) is 2.76. The number of Topliss-reactive ketones (excluding diaryl/α,β-unsaturated/α-hetero) is 1. The highest BCUT2D eigenvalue weighted by Crippen LogP contribution is 2.42. The molecule has 0 bridgehead atoms. The maximum absolute atomic E-state index is 12.3. The molecule has 2 N–H and O–H groups in total. The SMILES string of the molecule is COc1cc(-c2cccc3c2CC(=O)C(N)CC3)cc(OC)c1OC. The van der Waals surface area contributed by atoms with Crippen LogP contribution in [-0.2, 0) is 17.6 Å². The fourth-order valence-corrected chi connectivity index (χ4v) is 3.36. The molecule has 2 aromatic rings. The van der Waals surface area contributed by atoms with Crippen LogP contribution < -0.4 is 19.9 Å². The van der Waals surface area contributed by atoms with E-state index in [2.05, 4.69) is 6.07 Å². The summed E-state index contributed by atoms with van der Waals surface area (Å²) in [5.41, 5.74) is 10.1. The van der Waals surface area contributed by atoms with Crippen LogP contribution in [0.3, 0.4) is 0 Å². The van der Waals surface area contributed by atoms with E-state index >= 15 is 0 Å². The number of hydrogen-bond acceptors (Lipinski definition) is 5. The molecule has 5 nitrogen and oxygen atoms in total. The molecule has 0 spiro atoms. The molecule has 2 aromatic carbocycles. The number of hydrogen-bond donors (Lipinski definition) is 1. The number of rotatable bonds is 4. The molecule has 0 aromatic heterocycles. The maximum Gasteiger partial charge on any atom is 0.203 e. The van der Waals surface area contributed by atoms with E-state index in [0.29, 0.717) is 30.1 Å². The smallest absolute Gasteiger partial charge is 0.203 e. The number of nitrogens with two attached hydrogens (primary N) is 1. The molecular formula is C20H23NO4. The normalized spacial score (nSPS) is 16.8. The Morgan fingerprint density at radius 1 is 1.04 bits per heavy atom. The lowest BCUT2D eigenvalue weighted by molar-refractivity contribution is -0.119. The Balaban J connectivity index is 2.17. The standard InChI is InChI=1S/C20H23NO4/c1-23-18-9-13(10-19(24-2)20(18)25-3)14-6-4-5-12-7-8-16(21)17(22)11-15(12)14/h4-6,9-10,16H,7-8,11,21H2,1-3H3. The van der Waals surface area contributed by atoms with Crippen molar-refractivity contribution >= 4 is 5.78 Å². The lowest BCUT2D eigenvalue weighted by atomic mass is 9.92. The van der Waals surface area contributed by atoms with Crippen molar-refractivity contribution in [2.45, 2.75) is 25.3 Å². The van der Waals surface area contributed by atoms with Gasteiger partial charge in [0.25, 0.3) is 0 Å². The van der Waals surface area contributed by atoms with Gasteiger partial charge in [-0.2, -0.15) is 0 Å². The second-order valence-electron chi connectivity index (χ2n) is 6.15.